The number of rotatable bonds is 5. The molecular weight excluding hydrogens is 345 g/mol. The molecule has 0 radical (unpaired) electrons. The molecule has 5 nitrogen and oxygen atoms in total. The SMILES string of the molecule is CC(C)c1nc(-c2cccc(CN(C)C(=O)O)c2)c(-c2ccc(F)cc2)[nH]1. The quantitative estimate of drug-likeness (QED) is 0.658. The zero-order valence-electron chi connectivity index (χ0n) is 15.5. The lowest BCUT2D eigenvalue weighted by molar-refractivity contribution is 0.154. The van der Waals surface area contributed by atoms with Gasteiger partial charge in [-0.2, -0.15) is 0 Å². The fourth-order valence-corrected chi connectivity index (χ4v) is 2.86. The van der Waals surface area contributed by atoms with Crippen molar-refractivity contribution in [2.24, 2.45) is 0 Å². The minimum atomic E-state index is -0.978. The Labute approximate surface area is 157 Å². The van der Waals surface area contributed by atoms with Crippen LogP contribution in [0.15, 0.2) is 48.5 Å². The molecule has 140 valence electrons. The number of benzene rings is 2. The monoisotopic (exact) mass is 367 g/mol. The van der Waals surface area contributed by atoms with Gasteiger partial charge in [-0.15, -0.1) is 0 Å². The van der Waals surface area contributed by atoms with Crippen molar-refractivity contribution in [2.45, 2.75) is 26.3 Å². The lowest BCUT2D eigenvalue weighted by Gasteiger charge is -2.13. The third-order valence-electron chi connectivity index (χ3n) is 4.35. The Morgan fingerprint density at radius 3 is 2.52 bits per heavy atom. The predicted octanol–water partition coefficient (Wildman–Crippen LogP) is 5.12. The summed E-state index contributed by atoms with van der Waals surface area (Å²) in [6.45, 7) is 4.39. The molecule has 1 amide bonds. The van der Waals surface area contributed by atoms with Gasteiger partial charge in [-0.05, 0) is 35.9 Å². The molecule has 27 heavy (non-hydrogen) atoms. The summed E-state index contributed by atoms with van der Waals surface area (Å²) < 4.78 is 13.3. The highest BCUT2D eigenvalue weighted by Gasteiger charge is 2.17. The minimum absolute atomic E-state index is 0.208. The van der Waals surface area contributed by atoms with Crippen LogP contribution in [-0.2, 0) is 6.54 Å². The Hall–Kier alpha value is -3.15. The molecule has 1 heterocycles. The van der Waals surface area contributed by atoms with Crippen LogP contribution in [0, 0.1) is 5.82 Å². The lowest BCUT2D eigenvalue weighted by Crippen LogP contribution is -2.23. The molecule has 0 bridgehead atoms. The first-order chi connectivity index (χ1) is 12.8. The number of aromatic amines is 1. The molecule has 0 spiro atoms. The van der Waals surface area contributed by atoms with Crippen LogP contribution >= 0.6 is 0 Å². The molecule has 2 N–H and O–H groups in total. The van der Waals surface area contributed by atoms with Gasteiger partial charge in [-0.3, -0.25) is 0 Å². The van der Waals surface area contributed by atoms with E-state index in [9.17, 15) is 9.18 Å². The molecule has 6 heteroatoms. The highest BCUT2D eigenvalue weighted by Crippen LogP contribution is 2.32. The second kappa shape index (κ2) is 7.61. The van der Waals surface area contributed by atoms with Crippen molar-refractivity contribution in [1.29, 1.82) is 0 Å². The van der Waals surface area contributed by atoms with E-state index >= 15 is 0 Å². The van der Waals surface area contributed by atoms with Crippen LogP contribution in [0.5, 0.6) is 0 Å². The zero-order chi connectivity index (χ0) is 19.6. The summed E-state index contributed by atoms with van der Waals surface area (Å²) in [6.07, 6.45) is -0.978. The summed E-state index contributed by atoms with van der Waals surface area (Å²) in [6, 6.07) is 13.9. The van der Waals surface area contributed by atoms with Crippen LogP contribution in [0.2, 0.25) is 0 Å². The van der Waals surface area contributed by atoms with Crippen molar-refractivity contribution in [1.82, 2.24) is 14.9 Å². The summed E-state index contributed by atoms with van der Waals surface area (Å²) in [5, 5.41) is 9.09. The number of carbonyl (C=O) groups is 1. The van der Waals surface area contributed by atoms with E-state index in [0.717, 1.165) is 33.9 Å². The van der Waals surface area contributed by atoms with Gasteiger partial charge in [0.15, 0.2) is 0 Å². The fraction of sp³-hybridized carbons (Fsp3) is 0.238. The number of imidazole rings is 1. The molecule has 0 fully saturated rings. The molecule has 3 rings (SSSR count). The van der Waals surface area contributed by atoms with Crippen LogP contribution in [0.3, 0.4) is 0 Å². The number of nitrogens with zero attached hydrogens (tertiary/aromatic N) is 2. The number of H-pyrrole nitrogens is 1. The third-order valence-corrected chi connectivity index (χ3v) is 4.35. The summed E-state index contributed by atoms with van der Waals surface area (Å²) in [5.41, 5.74) is 4.19. The van der Waals surface area contributed by atoms with E-state index < -0.39 is 6.09 Å². The predicted molar refractivity (Wildman–Crippen MR) is 103 cm³/mol. The van der Waals surface area contributed by atoms with E-state index in [-0.39, 0.29) is 18.3 Å². The Morgan fingerprint density at radius 1 is 1.19 bits per heavy atom. The van der Waals surface area contributed by atoms with Crippen LogP contribution in [0.1, 0.15) is 31.2 Å². The number of carboxylic acid groups (broad SMARTS) is 1. The number of amides is 1. The normalized spacial score (nSPS) is 11.0. The standard InChI is InChI=1S/C21H22FN3O2/c1-13(2)20-23-18(15-7-9-17(22)10-8-15)19(24-20)16-6-4-5-14(11-16)12-25(3)21(26)27/h4-11,13H,12H2,1-3H3,(H,23,24)(H,26,27). The van der Waals surface area contributed by atoms with Crippen LogP contribution in [0.25, 0.3) is 22.5 Å². The molecule has 2 aromatic carbocycles. The molecule has 0 aliphatic heterocycles. The van der Waals surface area contributed by atoms with E-state index in [4.69, 9.17) is 10.1 Å². The Kier molecular flexibility index (Phi) is 5.26. The van der Waals surface area contributed by atoms with Crippen LogP contribution in [-0.4, -0.2) is 33.1 Å². The number of aromatic nitrogens is 2. The Balaban J connectivity index is 2.05. The van der Waals surface area contributed by atoms with E-state index in [1.54, 1.807) is 12.1 Å². The van der Waals surface area contributed by atoms with Crippen molar-refractivity contribution in [3.05, 3.63) is 65.7 Å². The van der Waals surface area contributed by atoms with Gasteiger partial charge in [0.2, 0.25) is 0 Å². The smallest absolute Gasteiger partial charge is 0.407 e. The van der Waals surface area contributed by atoms with Crippen molar-refractivity contribution in [3.8, 4) is 22.5 Å². The second-order valence-electron chi connectivity index (χ2n) is 6.85. The van der Waals surface area contributed by atoms with Gasteiger partial charge in [0.05, 0.1) is 11.4 Å². The highest BCUT2D eigenvalue weighted by atomic mass is 19.1. The maximum atomic E-state index is 13.3. The number of hydrogen-bond donors (Lipinski definition) is 2. The molecular formula is C21H22FN3O2. The van der Waals surface area contributed by atoms with Crippen LogP contribution < -0.4 is 0 Å². The second-order valence-corrected chi connectivity index (χ2v) is 6.85. The third kappa shape index (κ3) is 4.16. The molecule has 1 aromatic heterocycles. The zero-order valence-corrected chi connectivity index (χ0v) is 15.5. The average molecular weight is 367 g/mol. The summed E-state index contributed by atoms with van der Waals surface area (Å²) in [5.74, 6) is 0.763. The first-order valence-corrected chi connectivity index (χ1v) is 8.74. The maximum Gasteiger partial charge on any atom is 0.407 e. The molecule has 0 saturated heterocycles. The molecule has 3 aromatic rings. The van der Waals surface area contributed by atoms with Crippen molar-refractivity contribution in [3.63, 3.8) is 0 Å². The van der Waals surface area contributed by atoms with E-state index in [2.05, 4.69) is 18.8 Å². The van der Waals surface area contributed by atoms with E-state index in [0.29, 0.717) is 0 Å². The van der Waals surface area contributed by atoms with Gasteiger partial charge in [0.25, 0.3) is 0 Å². The van der Waals surface area contributed by atoms with Crippen LogP contribution in [0.4, 0.5) is 9.18 Å². The number of hydrogen-bond acceptors (Lipinski definition) is 2. The van der Waals surface area contributed by atoms with E-state index in [1.165, 1.54) is 24.1 Å². The van der Waals surface area contributed by atoms with Gasteiger partial charge < -0.3 is 15.0 Å². The summed E-state index contributed by atoms with van der Waals surface area (Å²) in [7, 11) is 1.53. The first kappa shape index (κ1) is 18.6. The maximum absolute atomic E-state index is 13.3. The van der Waals surface area contributed by atoms with Gasteiger partial charge in [0, 0.05) is 30.6 Å². The summed E-state index contributed by atoms with van der Waals surface area (Å²) >= 11 is 0. The Morgan fingerprint density at radius 2 is 1.89 bits per heavy atom. The molecule has 0 atom stereocenters. The molecule has 0 aliphatic carbocycles. The first-order valence-electron chi connectivity index (χ1n) is 8.74. The topological polar surface area (TPSA) is 69.2 Å². The molecule has 0 saturated carbocycles. The lowest BCUT2D eigenvalue weighted by atomic mass is 10.0. The molecule has 0 unspecified atom stereocenters. The molecule has 0 aliphatic rings. The van der Waals surface area contributed by atoms with Gasteiger partial charge in [0.1, 0.15) is 11.6 Å². The average Bonchev–Trinajstić information content (AvgIpc) is 3.08. The highest BCUT2D eigenvalue weighted by molar-refractivity contribution is 5.79. The van der Waals surface area contributed by atoms with E-state index in [1.807, 2.05) is 24.3 Å². The van der Waals surface area contributed by atoms with Crippen molar-refractivity contribution in [2.75, 3.05) is 7.05 Å². The number of nitrogens with one attached hydrogen (secondary N) is 1. The summed E-state index contributed by atoms with van der Waals surface area (Å²) in [4.78, 5) is 20.4. The van der Waals surface area contributed by atoms with Gasteiger partial charge in [-0.25, -0.2) is 14.2 Å². The number of halogens is 1. The Bertz CT molecular complexity index is 948. The minimum Gasteiger partial charge on any atom is -0.465 e. The van der Waals surface area contributed by atoms with Crippen molar-refractivity contribution >= 4 is 6.09 Å². The van der Waals surface area contributed by atoms with Gasteiger partial charge in [-0.1, -0.05) is 32.0 Å². The van der Waals surface area contributed by atoms with Gasteiger partial charge >= 0.3 is 6.09 Å². The fourth-order valence-electron chi connectivity index (χ4n) is 2.86. The largest absolute Gasteiger partial charge is 0.465 e. The van der Waals surface area contributed by atoms with Crippen molar-refractivity contribution < 1.29 is 14.3 Å².